The number of nitrogens with zero attached hydrogens (tertiary/aromatic N) is 3. The SMILES string of the molecule is O=C(Cc1ccc(F)cc1)N1CCO[C@@H](CN2CCOCC2)[C@@H]1c1cccnc1. The van der Waals surface area contributed by atoms with Gasteiger partial charge in [-0.3, -0.25) is 14.7 Å². The molecular weight excluding hydrogens is 373 g/mol. The Balaban J connectivity index is 1.54. The molecule has 1 aromatic heterocycles. The molecule has 6 nitrogen and oxygen atoms in total. The van der Waals surface area contributed by atoms with Gasteiger partial charge in [0.1, 0.15) is 5.82 Å². The lowest BCUT2D eigenvalue weighted by atomic mass is 9.97. The first-order chi connectivity index (χ1) is 14.2. The number of benzene rings is 1. The van der Waals surface area contributed by atoms with Crippen LogP contribution in [0.3, 0.4) is 0 Å². The van der Waals surface area contributed by atoms with E-state index in [4.69, 9.17) is 9.47 Å². The van der Waals surface area contributed by atoms with Gasteiger partial charge in [-0.2, -0.15) is 0 Å². The quantitative estimate of drug-likeness (QED) is 0.771. The van der Waals surface area contributed by atoms with Crippen LogP contribution in [0.1, 0.15) is 17.2 Å². The van der Waals surface area contributed by atoms with Crippen LogP contribution >= 0.6 is 0 Å². The van der Waals surface area contributed by atoms with Crippen LogP contribution in [0.25, 0.3) is 0 Å². The van der Waals surface area contributed by atoms with Crippen LogP contribution in [0.5, 0.6) is 0 Å². The van der Waals surface area contributed by atoms with Crippen molar-refractivity contribution in [3.63, 3.8) is 0 Å². The number of hydrogen-bond acceptors (Lipinski definition) is 5. The number of amides is 1. The van der Waals surface area contributed by atoms with Crippen LogP contribution in [0.15, 0.2) is 48.8 Å². The molecule has 29 heavy (non-hydrogen) atoms. The predicted molar refractivity (Wildman–Crippen MR) is 106 cm³/mol. The molecule has 0 N–H and O–H groups in total. The van der Waals surface area contributed by atoms with Gasteiger partial charge in [-0.1, -0.05) is 18.2 Å². The van der Waals surface area contributed by atoms with Crippen LogP contribution in [-0.4, -0.2) is 72.8 Å². The lowest BCUT2D eigenvalue weighted by Crippen LogP contribution is -2.53. The predicted octanol–water partition coefficient (Wildman–Crippen LogP) is 2.06. The molecule has 0 aliphatic carbocycles. The van der Waals surface area contributed by atoms with E-state index in [0.29, 0.717) is 13.2 Å². The van der Waals surface area contributed by atoms with Crippen LogP contribution in [-0.2, 0) is 20.7 Å². The first-order valence-corrected chi connectivity index (χ1v) is 10.1. The van der Waals surface area contributed by atoms with Crippen LogP contribution < -0.4 is 0 Å². The molecule has 7 heteroatoms. The van der Waals surface area contributed by atoms with E-state index in [1.54, 1.807) is 18.3 Å². The second-order valence-electron chi connectivity index (χ2n) is 7.44. The third-order valence-corrected chi connectivity index (χ3v) is 5.51. The molecule has 2 aliphatic heterocycles. The van der Waals surface area contributed by atoms with E-state index in [1.165, 1.54) is 12.1 Å². The van der Waals surface area contributed by atoms with Crippen molar-refractivity contribution < 1.29 is 18.7 Å². The summed E-state index contributed by atoms with van der Waals surface area (Å²) in [7, 11) is 0. The van der Waals surface area contributed by atoms with Crippen molar-refractivity contribution in [2.75, 3.05) is 46.0 Å². The van der Waals surface area contributed by atoms with Gasteiger partial charge in [0.05, 0.1) is 38.4 Å². The largest absolute Gasteiger partial charge is 0.379 e. The molecule has 3 heterocycles. The molecule has 2 fully saturated rings. The molecule has 0 radical (unpaired) electrons. The Hall–Kier alpha value is -2.35. The number of rotatable bonds is 5. The van der Waals surface area contributed by atoms with Crippen molar-refractivity contribution in [1.29, 1.82) is 0 Å². The Morgan fingerprint density at radius 2 is 1.90 bits per heavy atom. The van der Waals surface area contributed by atoms with Crippen molar-refractivity contribution in [3.8, 4) is 0 Å². The molecule has 0 saturated carbocycles. The number of aromatic nitrogens is 1. The summed E-state index contributed by atoms with van der Waals surface area (Å²) in [6.45, 7) is 4.94. The Morgan fingerprint density at radius 3 is 2.62 bits per heavy atom. The second kappa shape index (κ2) is 9.43. The van der Waals surface area contributed by atoms with Gasteiger partial charge in [-0.15, -0.1) is 0 Å². The topological polar surface area (TPSA) is 54.9 Å². The summed E-state index contributed by atoms with van der Waals surface area (Å²) in [5, 5.41) is 0. The monoisotopic (exact) mass is 399 g/mol. The molecular formula is C22H26FN3O3. The molecule has 2 atom stereocenters. The maximum atomic E-state index is 13.2. The molecule has 0 unspecified atom stereocenters. The number of pyridine rings is 1. The number of halogens is 1. The minimum absolute atomic E-state index is 0.0146. The van der Waals surface area contributed by atoms with Gasteiger partial charge in [0.25, 0.3) is 0 Å². The standard InChI is InChI=1S/C22H26FN3O3/c23-19-5-3-17(4-6-19)14-21(27)26-10-13-29-20(16-25-8-11-28-12-9-25)22(26)18-2-1-7-24-15-18/h1-7,15,20,22H,8-14,16H2/t20-,22-/m0/s1. The molecule has 0 spiro atoms. The summed E-state index contributed by atoms with van der Waals surface area (Å²) in [5.41, 5.74) is 1.77. The summed E-state index contributed by atoms with van der Waals surface area (Å²) in [6.07, 6.45) is 3.64. The third kappa shape index (κ3) is 4.98. The van der Waals surface area contributed by atoms with Crippen molar-refractivity contribution in [2.45, 2.75) is 18.6 Å². The van der Waals surface area contributed by atoms with E-state index in [2.05, 4.69) is 9.88 Å². The average molecular weight is 399 g/mol. The third-order valence-electron chi connectivity index (χ3n) is 5.51. The minimum Gasteiger partial charge on any atom is -0.379 e. The Kier molecular flexibility index (Phi) is 6.49. The molecule has 2 aliphatic rings. The molecule has 0 bridgehead atoms. The lowest BCUT2D eigenvalue weighted by molar-refractivity contribution is -0.148. The zero-order valence-electron chi connectivity index (χ0n) is 16.4. The van der Waals surface area contributed by atoms with Gasteiger partial charge < -0.3 is 14.4 Å². The van der Waals surface area contributed by atoms with Crippen molar-refractivity contribution >= 4 is 5.91 Å². The van der Waals surface area contributed by atoms with Crippen molar-refractivity contribution in [2.24, 2.45) is 0 Å². The second-order valence-corrected chi connectivity index (χ2v) is 7.44. The Labute approximate surface area is 170 Å². The summed E-state index contributed by atoms with van der Waals surface area (Å²) in [4.78, 5) is 21.7. The molecule has 154 valence electrons. The highest BCUT2D eigenvalue weighted by atomic mass is 19.1. The number of ether oxygens (including phenoxy) is 2. The van der Waals surface area contributed by atoms with E-state index >= 15 is 0 Å². The van der Waals surface area contributed by atoms with Crippen LogP contribution in [0.2, 0.25) is 0 Å². The van der Waals surface area contributed by atoms with Crippen molar-refractivity contribution in [1.82, 2.24) is 14.8 Å². The number of morpholine rings is 2. The highest BCUT2D eigenvalue weighted by Crippen LogP contribution is 2.30. The van der Waals surface area contributed by atoms with Crippen molar-refractivity contribution in [3.05, 3.63) is 65.7 Å². The highest BCUT2D eigenvalue weighted by Gasteiger charge is 2.37. The molecule has 2 saturated heterocycles. The van der Waals surface area contributed by atoms with E-state index in [-0.39, 0.29) is 30.3 Å². The van der Waals surface area contributed by atoms with E-state index in [9.17, 15) is 9.18 Å². The van der Waals surface area contributed by atoms with Gasteiger partial charge >= 0.3 is 0 Å². The van der Waals surface area contributed by atoms with E-state index in [1.807, 2.05) is 23.2 Å². The lowest BCUT2D eigenvalue weighted by Gasteiger charge is -2.43. The normalized spacial score (nSPS) is 23.1. The van der Waals surface area contributed by atoms with Gasteiger partial charge in [-0.05, 0) is 29.3 Å². The maximum absolute atomic E-state index is 13.2. The Morgan fingerprint density at radius 1 is 1.10 bits per heavy atom. The van der Waals surface area contributed by atoms with E-state index in [0.717, 1.165) is 44.0 Å². The smallest absolute Gasteiger partial charge is 0.227 e. The summed E-state index contributed by atoms with van der Waals surface area (Å²) < 4.78 is 24.8. The fourth-order valence-corrected chi connectivity index (χ4v) is 4.03. The minimum atomic E-state index is -0.300. The number of hydrogen-bond donors (Lipinski definition) is 0. The number of carbonyl (C=O) groups is 1. The zero-order valence-corrected chi connectivity index (χ0v) is 16.4. The summed E-state index contributed by atoms with van der Waals surface area (Å²) >= 11 is 0. The Bertz CT molecular complexity index is 797. The molecule has 4 rings (SSSR count). The molecule has 2 aromatic rings. The molecule has 1 aromatic carbocycles. The van der Waals surface area contributed by atoms with Gasteiger partial charge in [-0.25, -0.2) is 4.39 Å². The highest BCUT2D eigenvalue weighted by molar-refractivity contribution is 5.79. The maximum Gasteiger partial charge on any atom is 0.227 e. The van der Waals surface area contributed by atoms with Gasteiger partial charge in [0.2, 0.25) is 5.91 Å². The van der Waals surface area contributed by atoms with Crippen LogP contribution in [0, 0.1) is 5.82 Å². The number of carbonyl (C=O) groups excluding carboxylic acids is 1. The first kappa shape index (κ1) is 19.9. The van der Waals surface area contributed by atoms with Gasteiger partial charge in [0, 0.05) is 38.6 Å². The zero-order chi connectivity index (χ0) is 20.1. The average Bonchev–Trinajstić information content (AvgIpc) is 2.76. The summed E-state index contributed by atoms with van der Waals surface area (Å²) in [5.74, 6) is -0.285. The van der Waals surface area contributed by atoms with Crippen LogP contribution in [0.4, 0.5) is 4.39 Å². The molecule has 1 amide bonds. The van der Waals surface area contributed by atoms with E-state index < -0.39 is 0 Å². The summed E-state index contributed by atoms with van der Waals surface area (Å²) in [6, 6.07) is 9.79. The van der Waals surface area contributed by atoms with Gasteiger partial charge in [0.15, 0.2) is 0 Å². The first-order valence-electron chi connectivity index (χ1n) is 10.1. The fraction of sp³-hybridized carbons (Fsp3) is 0.455. The fourth-order valence-electron chi connectivity index (χ4n) is 4.03.